The average Bonchev–Trinajstić information content (AvgIpc) is 2.62. The van der Waals surface area contributed by atoms with Crippen LogP contribution in [-0.2, 0) is 11.2 Å². The minimum absolute atomic E-state index is 0.505. The summed E-state index contributed by atoms with van der Waals surface area (Å²) in [6.45, 7) is 3.84. The monoisotopic (exact) mass is 242 g/mol. The third-order valence-electron chi connectivity index (χ3n) is 4.50. The van der Waals surface area contributed by atoms with Gasteiger partial charge in [0.05, 0.1) is 0 Å². The maximum Gasteiger partial charge on any atom is 0.123 e. The van der Waals surface area contributed by atoms with Gasteiger partial charge in [0.2, 0.25) is 0 Å². The molecule has 0 radical (unpaired) electrons. The van der Waals surface area contributed by atoms with Crippen molar-refractivity contribution in [2.24, 2.45) is 0 Å². The first-order chi connectivity index (χ1) is 8.58. The maximum atomic E-state index is 11.0. The Morgan fingerprint density at radius 3 is 1.67 bits per heavy atom. The van der Waals surface area contributed by atoms with Crippen LogP contribution >= 0.6 is 0 Å². The van der Waals surface area contributed by atoms with Crippen molar-refractivity contribution in [2.75, 3.05) is 0 Å². The molecule has 2 N–H and O–H groups in total. The molecule has 2 heteroatoms. The first kappa shape index (κ1) is 11.7. The molecule has 18 heavy (non-hydrogen) atoms. The third kappa shape index (κ3) is 1.10. The summed E-state index contributed by atoms with van der Waals surface area (Å²) in [5.74, 6) is 0. The van der Waals surface area contributed by atoms with E-state index in [9.17, 15) is 10.2 Å². The molecule has 0 unspecified atom stereocenters. The lowest BCUT2D eigenvalue weighted by molar-refractivity contribution is -0.162. The number of hydrogen-bond acceptors (Lipinski definition) is 2. The molecule has 2 nitrogen and oxygen atoms in total. The van der Waals surface area contributed by atoms with Crippen LogP contribution in [0.1, 0.15) is 37.8 Å². The van der Waals surface area contributed by atoms with Gasteiger partial charge >= 0.3 is 0 Å². The molecule has 2 aromatic carbocycles. The van der Waals surface area contributed by atoms with Crippen molar-refractivity contribution in [1.29, 1.82) is 0 Å². The Labute approximate surface area is 107 Å². The largest absolute Gasteiger partial charge is 0.382 e. The number of rotatable bonds is 2. The molecule has 0 aliphatic heterocycles. The molecule has 0 saturated heterocycles. The molecule has 1 aliphatic rings. The molecular weight excluding hydrogens is 224 g/mol. The van der Waals surface area contributed by atoms with Crippen molar-refractivity contribution < 1.29 is 10.2 Å². The summed E-state index contributed by atoms with van der Waals surface area (Å²) in [7, 11) is 0. The van der Waals surface area contributed by atoms with E-state index < -0.39 is 11.2 Å². The highest BCUT2D eigenvalue weighted by Crippen LogP contribution is 2.54. The van der Waals surface area contributed by atoms with E-state index in [0.29, 0.717) is 12.8 Å². The maximum absolute atomic E-state index is 11.0. The van der Waals surface area contributed by atoms with Crippen molar-refractivity contribution in [3.05, 3.63) is 47.5 Å². The fourth-order valence-electron chi connectivity index (χ4n) is 3.44. The lowest BCUT2D eigenvalue weighted by Crippen LogP contribution is -2.45. The second kappa shape index (κ2) is 3.56. The predicted molar refractivity (Wildman–Crippen MR) is 72.3 cm³/mol. The standard InChI is InChI=1S/C16H18O2/c1-3-15(17)12-9-5-7-11-8-6-10-13(14(11)12)16(15,18)4-2/h5-10,17-18H,3-4H2,1-2H3/t15-,16-/m0/s1. The minimum atomic E-state index is -1.18. The highest BCUT2D eigenvalue weighted by molar-refractivity contribution is 5.93. The SMILES string of the molecule is CC[C@]1(O)c2cccc3cccc(c23)[C@@]1(O)CC. The van der Waals surface area contributed by atoms with Crippen LogP contribution in [-0.4, -0.2) is 10.2 Å². The first-order valence-corrected chi connectivity index (χ1v) is 6.56. The Hall–Kier alpha value is -1.38. The molecule has 2 atom stereocenters. The van der Waals surface area contributed by atoms with E-state index in [-0.39, 0.29) is 0 Å². The molecule has 3 rings (SSSR count). The van der Waals surface area contributed by atoms with Crippen molar-refractivity contribution >= 4 is 10.8 Å². The fraction of sp³-hybridized carbons (Fsp3) is 0.375. The van der Waals surface area contributed by atoms with Gasteiger partial charge in [0.25, 0.3) is 0 Å². The second-order valence-electron chi connectivity index (χ2n) is 5.14. The van der Waals surface area contributed by atoms with Crippen LogP contribution in [0.15, 0.2) is 36.4 Å². The Balaban J connectivity index is 2.47. The Morgan fingerprint density at radius 2 is 1.28 bits per heavy atom. The predicted octanol–water partition coefficient (Wildman–Crippen LogP) is 3.05. The molecule has 2 aromatic rings. The Bertz CT molecular complexity index is 569. The van der Waals surface area contributed by atoms with E-state index in [1.54, 1.807) is 0 Å². The molecule has 0 amide bonds. The molecule has 0 fully saturated rings. The van der Waals surface area contributed by atoms with Gasteiger partial charge in [0, 0.05) is 0 Å². The van der Waals surface area contributed by atoms with Crippen LogP contribution in [0.4, 0.5) is 0 Å². The smallest absolute Gasteiger partial charge is 0.123 e. The summed E-state index contributed by atoms with van der Waals surface area (Å²) in [4.78, 5) is 0. The summed E-state index contributed by atoms with van der Waals surface area (Å²) in [6.07, 6.45) is 1.01. The molecule has 0 aromatic heterocycles. The van der Waals surface area contributed by atoms with Gasteiger partial charge in [-0.3, -0.25) is 0 Å². The van der Waals surface area contributed by atoms with Crippen LogP contribution < -0.4 is 0 Å². The minimum Gasteiger partial charge on any atom is -0.382 e. The molecule has 0 saturated carbocycles. The summed E-state index contributed by atoms with van der Waals surface area (Å²) in [5, 5.41) is 24.1. The number of aliphatic hydroxyl groups is 2. The number of hydrogen-bond donors (Lipinski definition) is 2. The van der Waals surface area contributed by atoms with Gasteiger partial charge < -0.3 is 10.2 Å². The van der Waals surface area contributed by atoms with Gasteiger partial charge in [-0.2, -0.15) is 0 Å². The zero-order valence-corrected chi connectivity index (χ0v) is 10.8. The van der Waals surface area contributed by atoms with Crippen LogP contribution in [0.5, 0.6) is 0 Å². The molecule has 0 bridgehead atoms. The summed E-state index contributed by atoms with van der Waals surface area (Å²) in [5.41, 5.74) is -0.625. The topological polar surface area (TPSA) is 40.5 Å². The summed E-state index contributed by atoms with van der Waals surface area (Å²) in [6, 6.07) is 11.8. The van der Waals surface area contributed by atoms with Gasteiger partial charge in [-0.05, 0) is 34.7 Å². The zero-order chi connectivity index (χ0) is 13.0. The average molecular weight is 242 g/mol. The molecule has 0 heterocycles. The highest BCUT2D eigenvalue weighted by atomic mass is 16.4. The lowest BCUT2D eigenvalue weighted by Gasteiger charge is -2.38. The van der Waals surface area contributed by atoms with Crippen LogP contribution in [0.2, 0.25) is 0 Å². The van der Waals surface area contributed by atoms with Crippen molar-refractivity contribution in [3.8, 4) is 0 Å². The van der Waals surface area contributed by atoms with Gasteiger partial charge in [0.1, 0.15) is 11.2 Å². The van der Waals surface area contributed by atoms with Gasteiger partial charge in [0.15, 0.2) is 0 Å². The molecule has 1 aliphatic carbocycles. The molecule has 94 valence electrons. The molecular formula is C16H18O2. The van der Waals surface area contributed by atoms with Crippen molar-refractivity contribution in [1.82, 2.24) is 0 Å². The van der Waals surface area contributed by atoms with Crippen LogP contribution in [0, 0.1) is 0 Å². The van der Waals surface area contributed by atoms with Crippen molar-refractivity contribution in [3.63, 3.8) is 0 Å². The quantitative estimate of drug-likeness (QED) is 0.849. The highest BCUT2D eigenvalue weighted by Gasteiger charge is 2.55. The van der Waals surface area contributed by atoms with E-state index >= 15 is 0 Å². The fourth-order valence-corrected chi connectivity index (χ4v) is 3.44. The van der Waals surface area contributed by atoms with Crippen LogP contribution in [0.25, 0.3) is 10.8 Å². The second-order valence-corrected chi connectivity index (χ2v) is 5.14. The van der Waals surface area contributed by atoms with Crippen LogP contribution in [0.3, 0.4) is 0 Å². The zero-order valence-electron chi connectivity index (χ0n) is 10.8. The Morgan fingerprint density at radius 1 is 0.833 bits per heavy atom. The molecule has 0 spiro atoms. The summed E-state index contributed by atoms with van der Waals surface area (Å²) >= 11 is 0. The van der Waals surface area contributed by atoms with E-state index in [0.717, 1.165) is 21.9 Å². The van der Waals surface area contributed by atoms with Gasteiger partial charge in [-0.25, -0.2) is 0 Å². The van der Waals surface area contributed by atoms with E-state index in [4.69, 9.17) is 0 Å². The Kier molecular flexibility index (Phi) is 2.31. The normalized spacial score (nSPS) is 30.0. The van der Waals surface area contributed by atoms with E-state index in [2.05, 4.69) is 0 Å². The van der Waals surface area contributed by atoms with Gasteiger partial charge in [-0.1, -0.05) is 50.2 Å². The third-order valence-corrected chi connectivity index (χ3v) is 4.50. The number of benzene rings is 2. The van der Waals surface area contributed by atoms with Crippen molar-refractivity contribution in [2.45, 2.75) is 37.9 Å². The van der Waals surface area contributed by atoms with E-state index in [1.807, 2.05) is 50.2 Å². The first-order valence-electron chi connectivity index (χ1n) is 6.56. The van der Waals surface area contributed by atoms with E-state index in [1.165, 1.54) is 0 Å². The van der Waals surface area contributed by atoms with Gasteiger partial charge in [-0.15, -0.1) is 0 Å². The summed E-state index contributed by atoms with van der Waals surface area (Å²) < 4.78 is 0. The lowest BCUT2D eigenvalue weighted by atomic mass is 9.77.